The van der Waals surface area contributed by atoms with E-state index in [0.717, 1.165) is 0 Å². The van der Waals surface area contributed by atoms with Crippen LogP contribution in [0.4, 0.5) is 0 Å². The second-order valence-corrected chi connectivity index (χ2v) is 7.89. The number of carbonyl (C=O) groups excluding carboxylic acids is 2. The Morgan fingerprint density at radius 3 is 2.20 bits per heavy atom. The molecule has 0 atom stereocenters. The van der Waals surface area contributed by atoms with Gasteiger partial charge in [-0.1, -0.05) is 23.7 Å². The van der Waals surface area contributed by atoms with Crippen molar-refractivity contribution in [2.75, 3.05) is 7.05 Å². The fourth-order valence-corrected chi connectivity index (χ4v) is 3.26. The number of benzene rings is 2. The van der Waals surface area contributed by atoms with Crippen LogP contribution in [0.3, 0.4) is 0 Å². The van der Waals surface area contributed by atoms with Gasteiger partial charge in [0.25, 0.3) is 11.8 Å². The maximum absolute atomic E-state index is 12.2. The Bertz CT molecular complexity index is 934. The molecule has 0 aliphatic rings. The number of sulfonamides is 1. The summed E-state index contributed by atoms with van der Waals surface area (Å²) < 4.78 is 26.2. The van der Waals surface area contributed by atoms with Gasteiger partial charge in [0.15, 0.2) is 0 Å². The largest absolute Gasteiger partial charge is 0.271 e. The summed E-state index contributed by atoms with van der Waals surface area (Å²) in [6.07, 6.45) is 0. The van der Waals surface area contributed by atoms with Crippen molar-refractivity contribution in [3.05, 3.63) is 63.1 Å². The number of rotatable bonds is 4. The molecule has 0 bridgehead atoms. The van der Waals surface area contributed by atoms with Crippen molar-refractivity contribution in [3.63, 3.8) is 0 Å². The highest BCUT2D eigenvalue weighted by molar-refractivity contribution is 9.10. The third-order valence-electron chi connectivity index (χ3n) is 3.17. The first-order chi connectivity index (χ1) is 11.8. The number of hydrogen-bond acceptors (Lipinski definition) is 4. The minimum atomic E-state index is -3.71. The highest BCUT2D eigenvalue weighted by Gasteiger charge is 2.18. The van der Waals surface area contributed by atoms with E-state index in [1.807, 2.05) is 0 Å². The number of hydrazine groups is 1. The number of nitrogens with one attached hydrogen (secondary N) is 3. The van der Waals surface area contributed by atoms with E-state index < -0.39 is 21.8 Å². The van der Waals surface area contributed by atoms with Crippen LogP contribution in [0.5, 0.6) is 0 Å². The molecule has 25 heavy (non-hydrogen) atoms. The summed E-state index contributed by atoms with van der Waals surface area (Å²) >= 11 is 9.08. The molecule has 3 N–H and O–H groups in total. The van der Waals surface area contributed by atoms with Crippen molar-refractivity contribution in [1.29, 1.82) is 0 Å². The summed E-state index contributed by atoms with van der Waals surface area (Å²) in [7, 11) is -2.44. The van der Waals surface area contributed by atoms with Crippen LogP contribution in [-0.4, -0.2) is 27.3 Å². The summed E-state index contributed by atoms with van der Waals surface area (Å²) in [6.45, 7) is 0. The Balaban J connectivity index is 2.17. The molecule has 0 fully saturated rings. The highest BCUT2D eigenvalue weighted by Crippen LogP contribution is 2.21. The zero-order valence-corrected chi connectivity index (χ0v) is 16.0. The van der Waals surface area contributed by atoms with Crippen molar-refractivity contribution in [1.82, 2.24) is 15.6 Å². The Labute approximate surface area is 157 Å². The van der Waals surface area contributed by atoms with E-state index in [9.17, 15) is 18.0 Å². The summed E-state index contributed by atoms with van der Waals surface area (Å²) in [6, 6.07) is 10.3. The quantitative estimate of drug-likeness (QED) is 0.626. The van der Waals surface area contributed by atoms with Crippen molar-refractivity contribution < 1.29 is 18.0 Å². The van der Waals surface area contributed by atoms with E-state index >= 15 is 0 Å². The molecule has 0 unspecified atom stereocenters. The summed E-state index contributed by atoms with van der Waals surface area (Å²) in [4.78, 5) is 24.2. The second-order valence-electron chi connectivity index (χ2n) is 4.74. The molecule has 132 valence electrons. The van der Waals surface area contributed by atoms with Crippen LogP contribution in [-0.2, 0) is 10.0 Å². The lowest BCUT2D eigenvalue weighted by Crippen LogP contribution is -2.42. The summed E-state index contributed by atoms with van der Waals surface area (Å²) in [5.74, 6) is -1.30. The average molecular weight is 447 g/mol. The Morgan fingerprint density at radius 1 is 1.00 bits per heavy atom. The SMILES string of the molecule is CNS(=O)(=O)c1ccc(Br)c(C(=O)NNC(=O)c2ccccc2Cl)c1. The van der Waals surface area contributed by atoms with Crippen LogP contribution in [0.2, 0.25) is 5.02 Å². The molecular weight excluding hydrogens is 434 g/mol. The first kappa shape index (κ1) is 19.4. The van der Waals surface area contributed by atoms with Gasteiger partial charge in [0, 0.05) is 4.47 Å². The number of amides is 2. The van der Waals surface area contributed by atoms with E-state index in [2.05, 4.69) is 31.5 Å². The molecule has 10 heteroatoms. The predicted molar refractivity (Wildman–Crippen MR) is 96.8 cm³/mol. The van der Waals surface area contributed by atoms with Crippen molar-refractivity contribution in [2.45, 2.75) is 4.90 Å². The number of halogens is 2. The first-order valence-corrected chi connectivity index (χ1v) is 9.50. The lowest BCUT2D eigenvalue weighted by atomic mass is 10.2. The molecule has 0 aliphatic heterocycles. The average Bonchev–Trinajstić information content (AvgIpc) is 2.60. The van der Waals surface area contributed by atoms with E-state index in [-0.39, 0.29) is 21.0 Å². The van der Waals surface area contributed by atoms with Gasteiger partial charge in [0.2, 0.25) is 10.0 Å². The normalized spacial score (nSPS) is 11.0. The van der Waals surface area contributed by atoms with Crippen molar-refractivity contribution in [2.24, 2.45) is 0 Å². The van der Waals surface area contributed by atoms with Crippen molar-refractivity contribution >= 4 is 49.4 Å². The standard InChI is InChI=1S/C15H13BrClN3O4S/c1-18-25(23,24)9-6-7-12(16)11(8-9)15(22)20-19-14(21)10-4-2-3-5-13(10)17/h2-8,18H,1H3,(H,19,21)(H,20,22). The number of hydrogen-bond donors (Lipinski definition) is 3. The van der Waals surface area contributed by atoms with E-state index in [1.165, 1.54) is 31.3 Å². The minimum Gasteiger partial charge on any atom is -0.267 e. The lowest BCUT2D eigenvalue weighted by molar-refractivity contribution is 0.0846. The number of carbonyl (C=O) groups is 2. The van der Waals surface area contributed by atoms with Crippen LogP contribution in [0.1, 0.15) is 20.7 Å². The molecule has 2 aromatic rings. The monoisotopic (exact) mass is 445 g/mol. The smallest absolute Gasteiger partial charge is 0.267 e. The minimum absolute atomic E-state index is 0.0378. The zero-order valence-electron chi connectivity index (χ0n) is 12.8. The Kier molecular flexibility index (Phi) is 6.17. The molecular formula is C15H13BrClN3O4S. The summed E-state index contributed by atoms with van der Waals surface area (Å²) in [5.41, 5.74) is 4.68. The lowest BCUT2D eigenvalue weighted by Gasteiger charge is -2.11. The third kappa shape index (κ3) is 4.57. The van der Waals surface area contributed by atoms with E-state index in [4.69, 9.17) is 11.6 Å². The Morgan fingerprint density at radius 2 is 1.60 bits per heavy atom. The van der Waals surface area contributed by atoms with Gasteiger partial charge in [-0.2, -0.15) is 0 Å². The molecule has 0 heterocycles. The van der Waals surface area contributed by atoms with Gasteiger partial charge >= 0.3 is 0 Å². The van der Waals surface area contributed by atoms with E-state index in [1.54, 1.807) is 18.2 Å². The molecule has 0 saturated heterocycles. The fourth-order valence-electron chi connectivity index (χ4n) is 1.86. The molecule has 0 saturated carbocycles. The van der Waals surface area contributed by atoms with Gasteiger partial charge in [0.05, 0.1) is 21.0 Å². The van der Waals surface area contributed by atoms with Crippen LogP contribution in [0.15, 0.2) is 51.8 Å². The van der Waals surface area contributed by atoms with Crippen LogP contribution in [0.25, 0.3) is 0 Å². The van der Waals surface area contributed by atoms with Gasteiger partial charge in [-0.3, -0.25) is 20.4 Å². The van der Waals surface area contributed by atoms with Crippen LogP contribution >= 0.6 is 27.5 Å². The third-order valence-corrected chi connectivity index (χ3v) is 5.60. The van der Waals surface area contributed by atoms with E-state index in [0.29, 0.717) is 4.47 Å². The van der Waals surface area contributed by atoms with Crippen molar-refractivity contribution in [3.8, 4) is 0 Å². The topological polar surface area (TPSA) is 104 Å². The van der Waals surface area contributed by atoms with Gasteiger partial charge in [-0.15, -0.1) is 0 Å². The second kappa shape index (κ2) is 7.96. The van der Waals surface area contributed by atoms with Crippen LogP contribution < -0.4 is 15.6 Å². The zero-order chi connectivity index (χ0) is 18.6. The molecule has 0 aromatic heterocycles. The van der Waals surface area contributed by atoms with Gasteiger partial charge in [0.1, 0.15) is 0 Å². The predicted octanol–water partition coefficient (Wildman–Crippen LogP) is 2.09. The molecule has 2 amide bonds. The first-order valence-electron chi connectivity index (χ1n) is 6.84. The molecule has 7 nitrogen and oxygen atoms in total. The molecule has 0 spiro atoms. The van der Waals surface area contributed by atoms with Gasteiger partial charge in [-0.25, -0.2) is 13.1 Å². The molecule has 2 rings (SSSR count). The maximum Gasteiger partial charge on any atom is 0.271 e. The molecule has 0 radical (unpaired) electrons. The summed E-state index contributed by atoms with van der Waals surface area (Å²) in [5, 5.41) is 0.234. The highest BCUT2D eigenvalue weighted by atomic mass is 79.9. The van der Waals surface area contributed by atoms with Gasteiger partial charge in [-0.05, 0) is 53.3 Å². The van der Waals surface area contributed by atoms with Gasteiger partial charge < -0.3 is 0 Å². The fraction of sp³-hybridized carbons (Fsp3) is 0.0667. The molecule has 2 aromatic carbocycles. The maximum atomic E-state index is 12.2. The van der Waals surface area contributed by atoms with Crippen LogP contribution in [0, 0.1) is 0 Å². The Hall–Kier alpha value is -1.94. The molecule has 0 aliphatic carbocycles.